The van der Waals surface area contributed by atoms with Gasteiger partial charge in [-0.1, -0.05) is 84.9 Å². The predicted octanol–water partition coefficient (Wildman–Crippen LogP) is 4.98. The highest BCUT2D eigenvalue weighted by molar-refractivity contribution is 5.93. The molecular weight excluding hydrogens is 684 g/mol. The molecule has 11 heteroatoms. The highest BCUT2D eigenvalue weighted by Crippen LogP contribution is 2.32. The first-order valence-corrected chi connectivity index (χ1v) is 18.6. The van der Waals surface area contributed by atoms with E-state index in [9.17, 15) is 19.2 Å². The SMILES string of the molecule is COc1cccc2c1OCC(=O)NC1CCC(CC1)CC(=O)N[C@@H](c1ccccc1)C(=O)N[C@H](Cc1ccccc1)C(=O)NCCc1ccc(cc1)OC2. The van der Waals surface area contributed by atoms with Crippen LogP contribution in [-0.2, 0) is 38.6 Å². The zero-order chi connectivity index (χ0) is 37.7. The molecule has 4 aromatic rings. The molecule has 0 saturated heterocycles. The molecule has 0 radical (unpaired) electrons. The monoisotopic (exact) mass is 732 g/mol. The van der Waals surface area contributed by atoms with Crippen LogP contribution in [0, 0.1) is 5.92 Å². The van der Waals surface area contributed by atoms with Crippen LogP contribution >= 0.6 is 0 Å². The Labute approximate surface area is 316 Å². The van der Waals surface area contributed by atoms with E-state index in [0.717, 1.165) is 42.4 Å². The largest absolute Gasteiger partial charge is 0.493 e. The number of methoxy groups -OCH3 is 1. The van der Waals surface area contributed by atoms with Crippen LogP contribution in [-0.4, -0.2) is 56.0 Å². The maximum Gasteiger partial charge on any atom is 0.258 e. The zero-order valence-electron chi connectivity index (χ0n) is 30.6. The van der Waals surface area contributed by atoms with E-state index in [1.165, 1.54) is 0 Å². The summed E-state index contributed by atoms with van der Waals surface area (Å²) in [6.07, 6.45) is 4.00. The molecule has 4 aliphatic heterocycles. The van der Waals surface area contributed by atoms with Gasteiger partial charge in [0.2, 0.25) is 17.7 Å². The molecule has 0 aromatic heterocycles. The fraction of sp³-hybridized carbons (Fsp3) is 0.349. The second-order valence-corrected chi connectivity index (χ2v) is 13.9. The third-order valence-corrected chi connectivity index (χ3v) is 9.96. The van der Waals surface area contributed by atoms with E-state index in [-0.39, 0.29) is 55.7 Å². The molecule has 4 aromatic carbocycles. The van der Waals surface area contributed by atoms with Crippen LogP contribution in [0.25, 0.3) is 0 Å². The molecule has 54 heavy (non-hydrogen) atoms. The molecular formula is C43H48N4O7. The number of para-hydroxylation sites is 1. The van der Waals surface area contributed by atoms with Crippen LogP contribution < -0.4 is 35.5 Å². The average Bonchev–Trinajstić information content (AvgIpc) is 3.19. The number of benzene rings is 4. The Morgan fingerprint density at radius 1 is 0.685 bits per heavy atom. The first-order valence-electron chi connectivity index (χ1n) is 18.6. The number of hydrogen-bond acceptors (Lipinski definition) is 7. The molecule has 4 bridgehead atoms. The second kappa shape index (κ2) is 18.8. The van der Waals surface area contributed by atoms with Gasteiger partial charge in [-0.15, -0.1) is 0 Å². The molecule has 4 amide bonds. The van der Waals surface area contributed by atoms with E-state index in [4.69, 9.17) is 14.2 Å². The van der Waals surface area contributed by atoms with Crippen molar-refractivity contribution in [3.63, 3.8) is 0 Å². The molecule has 9 rings (SSSR count). The van der Waals surface area contributed by atoms with E-state index in [2.05, 4.69) is 21.3 Å². The lowest BCUT2D eigenvalue weighted by Crippen LogP contribution is -2.52. The van der Waals surface area contributed by atoms with Crippen molar-refractivity contribution >= 4 is 23.6 Å². The maximum atomic E-state index is 14.0. The smallest absolute Gasteiger partial charge is 0.258 e. The average molecular weight is 733 g/mol. The topological polar surface area (TPSA) is 144 Å². The summed E-state index contributed by atoms with van der Waals surface area (Å²) in [6.45, 7) is 0.357. The highest BCUT2D eigenvalue weighted by Gasteiger charge is 2.30. The van der Waals surface area contributed by atoms with Crippen LogP contribution in [0.4, 0.5) is 0 Å². The highest BCUT2D eigenvalue weighted by atomic mass is 16.5. The Morgan fingerprint density at radius 3 is 2.13 bits per heavy atom. The number of rotatable bonds is 4. The van der Waals surface area contributed by atoms with Crippen molar-refractivity contribution < 1.29 is 33.4 Å². The molecule has 0 spiro atoms. The van der Waals surface area contributed by atoms with Crippen LogP contribution in [0.1, 0.15) is 60.4 Å². The maximum absolute atomic E-state index is 14.0. The molecule has 282 valence electrons. The van der Waals surface area contributed by atoms with E-state index < -0.39 is 18.0 Å². The summed E-state index contributed by atoms with van der Waals surface area (Å²) in [6, 6.07) is 29.8. The van der Waals surface area contributed by atoms with E-state index in [1.54, 1.807) is 25.3 Å². The lowest BCUT2D eigenvalue weighted by atomic mass is 9.84. The first-order chi connectivity index (χ1) is 26.3. The Morgan fingerprint density at radius 2 is 1.41 bits per heavy atom. The molecule has 4 N–H and O–H groups in total. The summed E-state index contributed by atoms with van der Waals surface area (Å²) >= 11 is 0. The lowest BCUT2D eigenvalue weighted by Gasteiger charge is -2.29. The number of hydrogen-bond donors (Lipinski definition) is 4. The predicted molar refractivity (Wildman–Crippen MR) is 204 cm³/mol. The van der Waals surface area contributed by atoms with Gasteiger partial charge in [0, 0.05) is 31.0 Å². The van der Waals surface area contributed by atoms with Crippen molar-refractivity contribution in [3.05, 3.63) is 125 Å². The molecule has 4 heterocycles. The zero-order valence-corrected chi connectivity index (χ0v) is 30.6. The molecule has 2 atom stereocenters. The van der Waals surface area contributed by atoms with Gasteiger partial charge in [0.25, 0.3) is 5.91 Å². The van der Waals surface area contributed by atoms with Crippen LogP contribution in [0.2, 0.25) is 0 Å². The van der Waals surface area contributed by atoms with Crippen molar-refractivity contribution in [3.8, 4) is 17.2 Å². The van der Waals surface area contributed by atoms with E-state index >= 15 is 0 Å². The minimum Gasteiger partial charge on any atom is -0.493 e. The fourth-order valence-corrected chi connectivity index (χ4v) is 7.03. The van der Waals surface area contributed by atoms with Gasteiger partial charge in [-0.2, -0.15) is 0 Å². The molecule has 0 unspecified atom stereocenters. The molecule has 1 aliphatic carbocycles. The van der Waals surface area contributed by atoms with Gasteiger partial charge in [0.1, 0.15) is 24.4 Å². The van der Waals surface area contributed by atoms with Crippen LogP contribution in [0.5, 0.6) is 17.2 Å². The second-order valence-electron chi connectivity index (χ2n) is 13.9. The van der Waals surface area contributed by atoms with Crippen LogP contribution in [0.3, 0.4) is 0 Å². The van der Waals surface area contributed by atoms with Gasteiger partial charge in [-0.25, -0.2) is 0 Å². The summed E-state index contributed by atoms with van der Waals surface area (Å²) in [5, 5.41) is 12.0. The van der Waals surface area contributed by atoms with Crippen molar-refractivity contribution in [1.82, 2.24) is 21.3 Å². The van der Waals surface area contributed by atoms with Gasteiger partial charge in [0.05, 0.1) is 7.11 Å². The van der Waals surface area contributed by atoms with Crippen molar-refractivity contribution in [1.29, 1.82) is 0 Å². The summed E-state index contributed by atoms with van der Waals surface area (Å²) in [7, 11) is 1.55. The van der Waals surface area contributed by atoms with Crippen LogP contribution in [0.15, 0.2) is 103 Å². The third kappa shape index (κ3) is 10.6. The molecule has 11 nitrogen and oxygen atoms in total. The van der Waals surface area contributed by atoms with Gasteiger partial charge in [0.15, 0.2) is 18.1 Å². The minimum absolute atomic E-state index is 0.0398. The summed E-state index contributed by atoms with van der Waals surface area (Å²) < 4.78 is 17.6. The number of ether oxygens (including phenoxy) is 3. The normalized spacial score (nSPS) is 21.9. The third-order valence-electron chi connectivity index (χ3n) is 9.96. The summed E-state index contributed by atoms with van der Waals surface area (Å²) in [5.74, 6) is 0.423. The first kappa shape index (κ1) is 37.9. The minimum atomic E-state index is -0.993. The lowest BCUT2D eigenvalue weighted by molar-refractivity contribution is -0.132. The van der Waals surface area contributed by atoms with Gasteiger partial charge < -0.3 is 35.5 Å². The summed E-state index contributed by atoms with van der Waals surface area (Å²) in [4.78, 5) is 54.2. The van der Waals surface area contributed by atoms with E-state index in [0.29, 0.717) is 35.8 Å². The van der Waals surface area contributed by atoms with E-state index in [1.807, 2.05) is 84.9 Å². The Balaban J connectivity index is 1.22. The molecule has 1 saturated carbocycles. The standard InChI is InChI=1S/C43H48N4O7/c1-52-37-14-8-13-33-27-53-35-21-17-29(18-22-35)23-24-44-42(50)36(25-30-9-4-2-5-10-30)46-43(51)40(32-11-6-3-7-12-32)47-38(48)26-31-15-19-34(20-16-31)45-39(49)28-54-41(33)37/h2-14,17-18,21-22,31,34,36,40H,15-16,19-20,23-28H2,1H3,(H,44,50)(H,45,49)(H,46,51)(H,47,48)/t31?,34?,36-,40+/m1/s1. The van der Waals surface area contributed by atoms with Gasteiger partial charge in [-0.3, -0.25) is 19.2 Å². The van der Waals surface area contributed by atoms with Gasteiger partial charge >= 0.3 is 0 Å². The van der Waals surface area contributed by atoms with Crippen molar-refractivity contribution in [2.75, 3.05) is 20.3 Å². The number of carbonyl (C=O) groups excluding carboxylic acids is 4. The molecule has 1 fully saturated rings. The van der Waals surface area contributed by atoms with Crippen molar-refractivity contribution in [2.24, 2.45) is 5.92 Å². The fourth-order valence-electron chi connectivity index (χ4n) is 7.03. The Kier molecular flexibility index (Phi) is 13.2. The number of nitrogens with one attached hydrogen (secondary N) is 4. The van der Waals surface area contributed by atoms with Gasteiger partial charge in [-0.05, 0) is 72.9 Å². The van der Waals surface area contributed by atoms with Crippen molar-refractivity contribution in [2.45, 2.75) is 69.7 Å². The molecule has 5 aliphatic rings. The number of carbonyl (C=O) groups is 4. The number of amides is 4. The quantitative estimate of drug-likeness (QED) is 0.232. The Hall–Kier alpha value is -5.84. The summed E-state index contributed by atoms with van der Waals surface area (Å²) in [5.41, 5.74) is 3.23. The Bertz CT molecular complexity index is 1860.